The molecule has 0 radical (unpaired) electrons. The molecule has 2 rings (SSSR count). The molecule has 28 heavy (non-hydrogen) atoms. The van der Waals surface area contributed by atoms with E-state index in [-0.39, 0.29) is 36.7 Å². The van der Waals surface area contributed by atoms with Gasteiger partial charge in [-0.3, -0.25) is 14.4 Å². The highest BCUT2D eigenvalue weighted by Gasteiger charge is 2.19. The van der Waals surface area contributed by atoms with Crippen LogP contribution in [0.25, 0.3) is 0 Å². The lowest BCUT2D eigenvalue weighted by Gasteiger charge is -2.18. The van der Waals surface area contributed by atoms with Gasteiger partial charge in [-0.1, -0.05) is 42.5 Å². The Morgan fingerprint density at radius 1 is 0.893 bits per heavy atom. The Balaban J connectivity index is 2.06. The first-order valence-electron chi connectivity index (χ1n) is 9.52. The van der Waals surface area contributed by atoms with Crippen LogP contribution in [-0.4, -0.2) is 43.3 Å². The maximum Gasteiger partial charge on any atom is 0.279 e. The third kappa shape index (κ3) is 6.32. The van der Waals surface area contributed by atoms with E-state index < -0.39 is 0 Å². The third-order valence-corrected chi connectivity index (χ3v) is 4.25. The molecule has 3 N–H and O–H groups in total. The van der Waals surface area contributed by atoms with E-state index in [0.717, 1.165) is 4.90 Å². The lowest BCUT2D eigenvalue weighted by molar-refractivity contribution is -0.881. The first kappa shape index (κ1) is 21.3. The highest BCUT2D eigenvalue weighted by molar-refractivity contribution is 6.13. The van der Waals surface area contributed by atoms with E-state index in [1.807, 2.05) is 26.8 Å². The molecule has 1 atom stereocenters. The number of nitrogens with one attached hydrogen (secondary N) is 3. The monoisotopic (exact) mass is 382 g/mol. The van der Waals surface area contributed by atoms with Crippen molar-refractivity contribution in [2.75, 3.05) is 25.0 Å². The molecule has 0 saturated carbocycles. The van der Waals surface area contributed by atoms with Gasteiger partial charge in [0.15, 0.2) is 18.9 Å². The number of quaternary nitrogens is 1. The summed E-state index contributed by atoms with van der Waals surface area (Å²) >= 11 is 0. The van der Waals surface area contributed by atoms with Gasteiger partial charge in [0.1, 0.15) is 0 Å². The molecule has 0 fully saturated rings. The zero-order valence-corrected chi connectivity index (χ0v) is 16.6. The van der Waals surface area contributed by atoms with Gasteiger partial charge in [0.25, 0.3) is 11.8 Å². The average Bonchev–Trinajstić information content (AvgIpc) is 2.67. The van der Waals surface area contributed by atoms with Crippen molar-refractivity contribution in [3.05, 3.63) is 65.7 Å². The summed E-state index contributed by atoms with van der Waals surface area (Å²) in [6.07, 6.45) is 0. The average molecular weight is 382 g/mol. The fourth-order valence-corrected chi connectivity index (χ4v) is 2.87. The molecule has 0 aromatic heterocycles. The minimum Gasteiger partial charge on any atom is -0.349 e. The lowest BCUT2D eigenvalue weighted by atomic mass is 10.0. The predicted molar refractivity (Wildman–Crippen MR) is 109 cm³/mol. The van der Waals surface area contributed by atoms with Crippen LogP contribution in [0.2, 0.25) is 0 Å². The molecule has 1 unspecified atom stereocenters. The summed E-state index contributed by atoms with van der Waals surface area (Å²) in [4.78, 5) is 38.1. The Hall–Kier alpha value is -2.99. The highest BCUT2D eigenvalue weighted by Crippen LogP contribution is 2.19. The lowest BCUT2D eigenvalue weighted by Crippen LogP contribution is -3.14. The van der Waals surface area contributed by atoms with Crippen LogP contribution in [-0.2, 0) is 9.59 Å². The number of anilines is 1. The number of ketones is 1. The smallest absolute Gasteiger partial charge is 0.279 e. The number of para-hydroxylation sites is 1. The zero-order chi connectivity index (χ0) is 20.5. The minimum absolute atomic E-state index is 0.0651. The molecule has 0 saturated heterocycles. The Morgan fingerprint density at radius 2 is 1.50 bits per heavy atom. The van der Waals surface area contributed by atoms with Crippen molar-refractivity contribution < 1.29 is 19.3 Å². The molecular weight excluding hydrogens is 354 g/mol. The topological polar surface area (TPSA) is 79.7 Å². The fraction of sp³-hybridized carbons (Fsp3) is 0.318. The standard InChI is InChI=1S/C22H27N3O3/c1-4-25(14-20(26)23-16(2)3)15-21(27)24-19-13-9-8-12-18(19)22(28)17-10-6-5-7-11-17/h5-13,16H,4,14-15H2,1-3H3,(H,23,26)(H,24,27)/p+1. The molecule has 2 amide bonds. The highest BCUT2D eigenvalue weighted by atomic mass is 16.2. The normalized spacial score (nSPS) is 11.7. The van der Waals surface area contributed by atoms with Crippen LogP contribution in [0.1, 0.15) is 36.7 Å². The largest absolute Gasteiger partial charge is 0.349 e. The molecule has 0 heterocycles. The van der Waals surface area contributed by atoms with Gasteiger partial charge in [-0.25, -0.2) is 0 Å². The Morgan fingerprint density at radius 3 is 2.14 bits per heavy atom. The number of likely N-dealkylation sites (N-methyl/N-ethyl adjacent to an activating group) is 1. The maximum atomic E-state index is 12.8. The molecular formula is C22H28N3O3+. The van der Waals surface area contributed by atoms with Gasteiger partial charge < -0.3 is 15.5 Å². The molecule has 0 bridgehead atoms. The van der Waals surface area contributed by atoms with Crippen LogP contribution in [0.3, 0.4) is 0 Å². The Kier molecular flexibility index (Phi) is 7.89. The molecule has 0 aliphatic rings. The van der Waals surface area contributed by atoms with Crippen LogP contribution < -0.4 is 15.5 Å². The molecule has 6 heteroatoms. The quantitative estimate of drug-likeness (QED) is 0.572. The fourth-order valence-electron chi connectivity index (χ4n) is 2.87. The minimum atomic E-state index is -0.234. The summed E-state index contributed by atoms with van der Waals surface area (Å²) in [7, 11) is 0. The maximum absolute atomic E-state index is 12.8. The molecule has 0 aliphatic heterocycles. The molecule has 0 spiro atoms. The molecule has 148 valence electrons. The van der Waals surface area contributed by atoms with Crippen LogP contribution in [0.4, 0.5) is 5.69 Å². The van der Waals surface area contributed by atoms with Crippen molar-refractivity contribution >= 4 is 23.3 Å². The summed E-state index contributed by atoms with van der Waals surface area (Å²) in [5.74, 6) is -0.464. The summed E-state index contributed by atoms with van der Waals surface area (Å²) in [6, 6.07) is 16.0. The van der Waals surface area contributed by atoms with Crippen molar-refractivity contribution in [3.8, 4) is 0 Å². The van der Waals surface area contributed by atoms with Crippen LogP contribution in [0.15, 0.2) is 54.6 Å². The van der Waals surface area contributed by atoms with E-state index >= 15 is 0 Å². The van der Waals surface area contributed by atoms with Gasteiger partial charge in [-0.15, -0.1) is 0 Å². The van der Waals surface area contributed by atoms with Gasteiger partial charge in [-0.05, 0) is 32.9 Å². The molecule has 2 aromatic rings. The zero-order valence-electron chi connectivity index (χ0n) is 16.6. The van der Waals surface area contributed by atoms with Crippen LogP contribution >= 0.6 is 0 Å². The number of hydrogen-bond acceptors (Lipinski definition) is 3. The van der Waals surface area contributed by atoms with Gasteiger partial charge in [0, 0.05) is 17.2 Å². The van der Waals surface area contributed by atoms with Crippen molar-refractivity contribution in [2.45, 2.75) is 26.8 Å². The number of benzene rings is 2. The number of carbonyl (C=O) groups excluding carboxylic acids is 3. The SMILES string of the molecule is CC[NH+](CC(=O)Nc1ccccc1C(=O)c1ccccc1)CC(=O)NC(C)C. The first-order chi connectivity index (χ1) is 13.4. The summed E-state index contributed by atoms with van der Waals surface area (Å²) in [6.45, 7) is 6.75. The number of carbonyl (C=O) groups is 3. The van der Waals surface area contributed by atoms with E-state index in [2.05, 4.69) is 10.6 Å². The Labute approximate surface area is 165 Å². The van der Waals surface area contributed by atoms with E-state index in [1.165, 1.54) is 0 Å². The predicted octanol–water partition coefficient (Wildman–Crippen LogP) is 1.29. The summed E-state index contributed by atoms with van der Waals surface area (Å²) in [5.41, 5.74) is 1.48. The van der Waals surface area contributed by atoms with E-state index in [1.54, 1.807) is 48.5 Å². The molecule has 0 aliphatic carbocycles. The number of hydrogen-bond donors (Lipinski definition) is 3. The molecule has 6 nitrogen and oxygen atoms in total. The van der Waals surface area contributed by atoms with Crippen molar-refractivity contribution in [3.63, 3.8) is 0 Å². The van der Waals surface area contributed by atoms with Crippen LogP contribution in [0.5, 0.6) is 0 Å². The van der Waals surface area contributed by atoms with Gasteiger partial charge in [0.2, 0.25) is 0 Å². The van der Waals surface area contributed by atoms with Crippen molar-refractivity contribution in [2.24, 2.45) is 0 Å². The summed E-state index contributed by atoms with van der Waals surface area (Å²) in [5, 5.41) is 5.66. The van der Waals surface area contributed by atoms with Gasteiger partial charge in [-0.2, -0.15) is 0 Å². The van der Waals surface area contributed by atoms with E-state index in [4.69, 9.17) is 0 Å². The van der Waals surface area contributed by atoms with Crippen molar-refractivity contribution in [1.29, 1.82) is 0 Å². The molecule has 2 aromatic carbocycles. The second-order valence-corrected chi connectivity index (χ2v) is 6.97. The summed E-state index contributed by atoms with van der Waals surface area (Å²) < 4.78 is 0. The van der Waals surface area contributed by atoms with Gasteiger partial charge >= 0.3 is 0 Å². The number of rotatable bonds is 9. The van der Waals surface area contributed by atoms with Crippen molar-refractivity contribution in [1.82, 2.24) is 5.32 Å². The van der Waals surface area contributed by atoms with Crippen LogP contribution in [0, 0.1) is 0 Å². The van der Waals surface area contributed by atoms with E-state index in [0.29, 0.717) is 23.4 Å². The third-order valence-electron chi connectivity index (χ3n) is 4.25. The second kappa shape index (κ2) is 10.4. The number of amides is 2. The van der Waals surface area contributed by atoms with E-state index in [9.17, 15) is 14.4 Å². The van der Waals surface area contributed by atoms with Gasteiger partial charge in [0.05, 0.1) is 12.2 Å². The Bertz CT molecular complexity index is 819. The first-order valence-corrected chi connectivity index (χ1v) is 9.52. The second-order valence-electron chi connectivity index (χ2n) is 6.97.